The molecule has 0 aliphatic carbocycles. The highest BCUT2D eigenvalue weighted by Crippen LogP contribution is 2.29. The molecular formula is C11H9F5N4O. The van der Waals surface area contributed by atoms with Crippen LogP contribution < -0.4 is 10.6 Å². The molecule has 0 fully saturated rings. The van der Waals surface area contributed by atoms with Crippen LogP contribution in [-0.4, -0.2) is 16.7 Å². The lowest BCUT2D eigenvalue weighted by molar-refractivity contribution is 0.381. The number of nitrogens with one attached hydrogen (secondary N) is 2. The van der Waals surface area contributed by atoms with E-state index in [0.717, 1.165) is 0 Å². The molecule has 21 heavy (non-hydrogen) atoms. The Morgan fingerprint density at radius 2 is 1.48 bits per heavy atom. The van der Waals surface area contributed by atoms with Gasteiger partial charge in [-0.2, -0.15) is 0 Å². The quantitative estimate of drug-likeness (QED) is 0.505. The van der Waals surface area contributed by atoms with Crippen molar-refractivity contribution in [2.75, 3.05) is 11.9 Å². The first-order valence-electron chi connectivity index (χ1n) is 5.77. The molecule has 0 aliphatic heterocycles. The van der Waals surface area contributed by atoms with Crippen LogP contribution in [0.15, 0.2) is 4.42 Å². The zero-order chi connectivity index (χ0) is 15.6. The van der Waals surface area contributed by atoms with E-state index in [0.29, 0.717) is 6.54 Å². The predicted octanol–water partition coefficient (Wildman–Crippen LogP) is 2.62. The second-order valence-electron chi connectivity index (χ2n) is 3.85. The summed E-state index contributed by atoms with van der Waals surface area (Å²) in [7, 11) is 0. The third-order valence-electron chi connectivity index (χ3n) is 2.43. The molecule has 2 rings (SSSR count). The molecular weight excluding hydrogens is 299 g/mol. The van der Waals surface area contributed by atoms with E-state index in [1.54, 1.807) is 0 Å². The van der Waals surface area contributed by atoms with Gasteiger partial charge in [0.25, 0.3) is 0 Å². The summed E-state index contributed by atoms with van der Waals surface area (Å²) in [6.45, 7) is 2.63. The zero-order valence-corrected chi connectivity index (χ0v) is 10.6. The first-order chi connectivity index (χ1) is 9.95. The molecule has 2 N–H and O–H groups in total. The Balaban J connectivity index is 2.29. The number of rotatable bonds is 5. The summed E-state index contributed by atoms with van der Waals surface area (Å²) in [6.07, 6.45) is 0. The van der Waals surface area contributed by atoms with Crippen molar-refractivity contribution in [2.45, 2.75) is 13.5 Å². The Bertz CT molecular complexity index is 631. The number of anilines is 2. The number of nitrogens with zero attached hydrogens (tertiary/aromatic N) is 2. The molecule has 0 spiro atoms. The average Bonchev–Trinajstić information content (AvgIpc) is 2.93. The van der Waals surface area contributed by atoms with E-state index < -0.39 is 40.8 Å². The predicted molar refractivity (Wildman–Crippen MR) is 61.2 cm³/mol. The first-order valence-corrected chi connectivity index (χ1v) is 5.77. The molecule has 114 valence electrons. The Morgan fingerprint density at radius 1 is 0.905 bits per heavy atom. The number of hydrogen-bond donors (Lipinski definition) is 2. The van der Waals surface area contributed by atoms with Gasteiger partial charge in [-0.15, -0.1) is 5.10 Å². The van der Waals surface area contributed by atoms with Crippen molar-refractivity contribution in [3.05, 3.63) is 35.0 Å². The lowest BCUT2D eigenvalue weighted by Crippen LogP contribution is -2.11. The topological polar surface area (TPSA) is 63.0 Å². The number of benzene rings is 1. The van der Waals surface area contributed by atoms with Gasteiger partial charge in [0.1, 0.15) is 5.69 Å². The van der Waals surface area contributed by atoms with Gasteiger partial charge in [-0.25, -0.2) is 22.0 Å². The van der Waals surface area contributed by atoms with E-state index in [2.05, 4.69) is 15.5 Å². The van der Waals surface area contributed by atoms with E-state index in [9.17, 15) is 22.0 Å². The zero-order valence-electron chi connectivity index (χ0n) is 10.6. The molecule has 0 saturated heterocycles. The Morgan fingerprint density at radius 3 is 2.05 bits per heavy atom. The second-order valence-corrected chi connectivity index (χ2v) is 3.85. The van der Waals surface area contributed by atoms with Crippen LogP contribution in [0, 0.1) is 29.1 Å². The lowest BCUT2D eigenvalue weighted by atomic mass is 10.2. The molecule has 0 unspecified atom stereocenters. The van der Waals surface area contributed by atoms with Crippen LogP contribution in [0.25, 0.3) is 0 Å². The van der Waals surface area contributed by atoms with Crippen LogP contribution in [0.3, 0.4) is 0 Å². The smallest absolute Gasteiger partial charge is 0.320 e. The maximum Gasteiger partial charge on any atom is 0.320 e. The highest BCUT2D eigenvalue weighted by molar-refractivity contribution is 5.54. The fourth-order valence-electron chi connectivity index (χ4n) is 1.43. The average molecular weight is 308 g/mol. The molecule has 1 aromatic heterocycles. The first kappa shape index (κ1) is 15.2. The summed E-state index contributed by atoms with van der Waals surface area (Å²) in [4.78, 5) is 0. The maximum absolute atomic E-state index is 13.4. The molecule has 0 bridgehead atoms. The van der Waals surface area contributed by atoms with Crippen LogP contribution in [0.2, 0.25) is 0 Å². The van der Waals surface area contributed by atoms with Gasteiger partial charge in [-0.05, 0) is 6.54 Å². The van der Waals surface area contributed by atoms with E-state index >= 15 is 0 Å². The van der Waals surface area contributed by atoms with Gasteiger partial charge in [0.05, 0.1) is 6.54 Å². The molecule has 0 aliphatic rings. The molecule has 0 radical (unpaired) electrons. The van der Waals surface area contributed by atoms with E-state index in [4.69, 9.17) is 4.42 Å². The molecule has 5 nitrogen and oxygen atoms in total. The Hall–Kier alpha value is -2.23. The van der Waals surface area contributed by atoms with Gasteiger partial charge in [0.2, 0.25) is 11.7 Å². The van der Waals surface area contributed by atoms with Crippen LogP contribution in [0.4, 0.5) is 33.7 Å². The lowest BCUT2D eigenvalue weighted by Gasteiger charge is -2.07. The van der Waals surface area contributed by atoms with Gasteiger partial charge in [-0.3, -0.25) is 0 Å². The summed E-state index contributed by atoms with van der Waals surface area (Å²) in [5.41, 5.74) is -1.26. The third-order valence-corrected chi connectivity index (χ3v) is 2.43. The monoisotopic (exact) mass is 308 g/mol. The Labute approximate surface area is 115 Å². The molecule has 0 atom stereocenters. The number of hydrogen-bond acceptors (Lipinski definition) is 5. The molecule has 2 aromatic rings. The minimum atomic E-state index is -2.24. The van der Waals surface area contributed by atoms with Crippen molar-refractivity contribution in [1.82, 2.24) is 15.5 Å². The van der Waals surface area contributed by atoms with E-state index in [-0.39, 0.29) is 12.4 Å². The summed E-state index contributed by atoms with van der Waals surface area (Å²) < 4.78 is 70.6. The summed E-state index contributed by atoms with van der Waals surface area (Å²) >= 11 is 0. The second kappa shape index (κ2) is 6.04. The molecule has 1 aromatic carbocycles. The van der Waals surface area contributed by atoms with Crippen molar-refractivity contribution in [3.63, 3.8) is 0 Å². The highest BCUT2D eigenvalue weighted by Gasteiger charge is 2.26. The SMILES string of the molecule is CCNCc1nnc(Nc2c(F)c(F)c(F)c(F)c2F)o1. The minimum absolute atomic E-state index is 0.0863. The van der Waals surface area contributed by atoms with Gasteiger partial charge >= 0.3 is 6.01 Å². The molecule has 10 heteroatoms. The number of halogens is 5. The maximum atomic E-state index is 13.4. The number of aromatic nitrogens is 2. The van der Waals surface area contributed by atoms with Crippen molar-refractivity contribution in [2.24, 2.45) is 0 Å². The van der Waals surface area contributed by atoms with Crippen LogP contribution in [0.5, 0.6) is 0 Å². The van der Waals surface area contributed by atoms with Crippen molar-refractivity contribution < 1.29 is 26.4 Å². The van der Waals surface area contributed by atoms with E-state index in [1.165, 1.54) is 0 Å². The fraction of sp³-hybridized carbons (Fsp3) is 0.273. The van der Waals surface area contributed by atoms with Crippen LogP contribution >= 0.6 is 0 Å². The van der Waals surface area contributed by atoms with Gasteiger partial charge < -0.3 is 15.1 Å². The minimum Gasteiger partial charge on any atom is -0.406 e. The summed E-state index contributed by atoms with van der Waals surface area (Å²) in [5.74, 6) is -10.3. The molecule has 1 heterocycles. The Kier molecular flexibility index (Phi) is 4.36. The van der Waals surface area contributed by atoms with Gasteiger partial charge in [-0.1, -0.05) is 12.0 Å². The van der Waals surface area contributed by atoms with Gasteiger partial charge in [0.15, 0.2) is 23.3 Å². The normalized spacial score (nSPS) is 11.0. The summed E-state index contributed by atoms with van der Waals surface area (Å²) in [5, 5.41) is 11.6. The van der Waals surface area contributed by atoms with Crippen molar-refractivity contribution >= 4 is 11.7 Å². The largest absolute Gasteiger partial charge is 0.406 e. The standard InChI is InChI=1S/C11H9F5N4O/c1-2-17-3-4-19-20-11(21-4)18-10-8(15)6(13)5(12)7(14)9(10)16/h17H,2-3H2,1H3,(H,18,20). The van der Waals surface area contributed by atoms with Gasteiger partial charge in [0, 0.05) is 0 Å². The van der Waals surface area contributed by atoms with Crippen LogP contribution in [-0.2, 0) is 6.54 Å². The van der Waals surface area contributed by atoms with Crippen molar-refractivity contribution in [3.8, 4) is 0 Å². The summed E-state index contributed by atoms with van der Waals surface area (Å²) in [6, 6.07) is -0.494. The van der Waals surface area contributed by atoms with Crippen LogP contribution in [0.1, 0.15) is 12.8 Å². The van der Waals surface area contributed by atoms with E-state index in [1.807, 2.05) is 12.2 Å². The molecule has 0 saturated carbocycles. The van der Waals surface area contributed by atoms with Crippen molar-refractivity contribution in [1.29, 1.82) is 0 Å². The fourth-order valence-corrected chi connectivity index (χ4v) is 1.43. The highest BCUT2D eigenvalue weighted by atomic mass is 19.2. The molecule has 0 amide bonds. The third kappa shape index (κ3) is 2.94.